The smallest absolute Gasteiger partial charge is 0.337 e. The summed E-state index contributed by atoms with van der Waals surface area (Å²) < 4.78 is 6.71. The molecule has 5 heteroatoms. The van der Waals surface area contributed by atoms with E-state index >= 15 is 0 Å². The monoisotopic (exact) mass is 198 g/mol. The van der Waals surface area contributed by atoms with Gasteiger partial charge in [0.2, 0.25) is 0 Å². The predicted octanol–water partition coefficient (Wildman–Crippen LogP) is 0.891. The van der Waals surface area contributed by atoms with E-state index in [1.807, 2.05) is 0 Å². The van der Waals surface area contributed by atoms with Crippen LogP contribution in [0.4, 0.5) is 0 Å². The van der Waals surface area contributed by atoms with Gasteiger partial charge in [0.05, 0.1) is 5.69 Å². The lowest BCUT2D eigenvalue weighted by Gasteiger charge is -2.10. The van der Waals surface area contributed by atoms with Gasteiger partial charge in [-0.25, -0.2) is 4.79 Å². The first kappa shape index (κ1) is 10.7. The molecule has 78 valence electrons. The predicted molar refractivity (Wildman–Crippen MR) is 49.9 cm³/mol. The third-order valence-corrected chi connectivity index (χ3v) is 1.89. The first-order chi connectivity index (χ1) is 6.56. The molecule has 5 nitrogen and oxygen atoms in total. The van der Waals surface area contributed by atoms with E-state index in [-0.39, 0.29) is 0 Å². The van der Waals surface area contributed by atoms with Crippen molar-refractivity contribution in [3.63, 3.8) is 0 Å². The Morgan fingerprint density at radius 2 is 2.43 bits per heavy atom. The number of aryl methyl sites for hydroxylation is 2. The zero-order valence-corrected chi connectivity index (χ0v) is 8.52. The van der Waals surface area contributed by atoms with Gasteiger partial charge in [0, 0.05) is 25.4 Å². The third-order valence-electron chi connectivity index (χ3n) is 1.89. The molecule has 1 aromatic rings. The Morgan fingerprint density at radius 3 is 2.79 bits per heavy atom. The fourth-order valence-electron chi connectivity index (χ4n) is 1.34. The Hall–Kier alpha value is -1.36. The van der Waals surface area contributed by atoms with E-state index in [0.717, 1.165) is 0 Å². The number of aliphatic carboxylic acids is 1. The van der Waals surface area contributed by atoms with Crippen LogP contribution in [0.2, 0.25) is 0 Å². The van der Waals surface area contributed by atoms with Gasteiger partial charge in [0.15, 0.2) is 6.10 Å². The number of ether oxygens (including phenoxy) is 1. The minimum atomic E-state index is -0.983. The van der Waals surface area contributed by atoms with Crippen LogP contribution in [-0.2, 0) is 16.6 Å². The molecule has 0 amide bonds. The van der Waals surface area contributed by atoms with Crippen LogP contribution in [0.3, 0.4) is 0 Å². The van der Waals surface area contributed by atoms with Gasteiger partial charge in [-0.05, 0) is 13.8 Å². The lowest BCUT2D eigenvalue weighted by Crippen LogP contribution is -2.15. The summed E-state index contributed by atoms with van der Waals surface area (Å²) in [5.41, 5.74) is 1.30. The average Bonchev–Trinajstić information content (AvgIpc) is 2.40. The maximum absolute atomic E-state index is 10.9. The number of hydrogen-bond donors (Lipinski definition) is 1. The molecule has 0 fully saturated rings. The Morgan fingerprint density at radius 1 is 1.79 bits per heavy atom. The van der Waals surface area contributed by atoms with Crippen LogP contribution < -0.4 is 0 Å². The fraction of sp³-hybridized carbons (Fsp3) is 0.556. The number of hydrogen-bond acceptors (Lipinski definition) is 3. The van der Waals surface area contributed by atoms with Gasteiger partial charge in [0.1, 0.15) is 0 Å². The molecule has 0 bridgehead atoms. The summed E-state index contributed by atoms with van der Waals surface area (Å²) in [6, 6.07) is 0. The molecule has 1 N–H and O–H groups in total. The molecule has 0 aromatic carbocycles. The van der Waals surface area contributed by atoms with E-state index in [2.05, 4.69) is 5.10 Å². The standard InChI is InChI=1S/C9H14N2O3/c1-4-14-8(9(12)13)7-5-11(3)10-6(7)2/h5,8H,4H2,1-3H3,(H,12,13). The number of carbonyl (C=O) groups is 1. The normalized spacial score (nSPS) is 12.8. The zero-order valence-electron chi connectivity index (χ0n) is 8.52. The summed E-state index contributed by atoms with van der Waals surface area (Å²) in [5.74, 6) is -0.983. The molecule has 1 aromatic heterocycles. The van der Waals surface area contributed by atoms with E-state index in [0.29, 0.717) is 17.9 Å². The summed E-state index contributed by atoms with van der Waals surface area (Å²) in [4.78, 5) is 10.9. The van der Waals surface area contributed by atoms with E-state index in [1.165, 1.54) is 0 Å². The number of aromatic nitrogens is 2. The summed E-state index contributed by atoms with van der Waals surface area (Å²) in [6.45, 7) is 3.90. The van der Waals surface area contributed by atoms with E-state index < -0.39 is 12.1 Å². The number of carboxylic acid groups (broad SMARTS) is 1. The maximum Gasteiger partial charge on any atom is 0.337 e. The lowest BCUT2D eigenvalue weighted by molar-refractivity contribution is -0.150. The second kappa shape index (κ2) is 4.23. The molecular formula is C9H14N2O3. The molecule has 0 radical (unpaired) electrons. The molecule has 0 spiro atoms. The van der Waals surface area contributed by atoms with Crippen LogP contribution in [0.5, 0.6) is 0 Å². The second-order valence-electron chi connectivity index (χ2n) is 3.02. The van der Waals surface area contributed by atoms with E-state index in [4.69, 9.17) is 9.84 Å². The lowest BCUT2D eigenvalue weighted by atomic mass is 10.1. The van der Waals surface area contributed by atoms with E-state index in [1.54, 1.807) is 31.8 Å². The van der Waals surface area contributed by atoms with Crippen LogP contribution in [0, 0.1) is 6.92 Å². The van der Waals surface area contributed by atoms with Gasteiger partial charge >= 0.3 is 5.97 Å². The van der Waals surface area contributed by atoms with Gasteiger partial charge in [0.25, 0.3) is 0 Å². The Bertz CT molecular complexity index is 333. The Labute approximate surface area is 82.3 Å². The van der Waals surface area contributed by atoms with Crippen molar-refractivity contribution in [3.05, 3.63) is 17.5 Å². The van der Waals surface area contributed by atoms with Crippen LogP contribution in [0.1, 0.15) is 24.3 Å². The second-order valence-corrected chi connectivity index (χ2v) is 3.02. The molecule has 0 saturated heterocycles. The van der Waals surface area contributed by atoms with E-state index in [9.17, 15) is 4.79 Å². The molecular weight excluding hydrogens is 184 g/mol. The van der Waals surface area contributed by atoms with Crippen LogP contribution >= 0.6 is 0 Å². The molecule has 0 aliphatic heterocycles. The summed E-state index contributed by atoms with van der Waals surface area (Å²) in [5, 5.41) is 13.0. The summed E-state index contributed by atoms with van der Waals surface area (Å²) >= 11 is 0. The maximum atomic E-state index is 10.9. The quantitative estimate of drug-likeness (QED) is 0.780. The Balaban J connectivity index is 2.98. The van der Waals surface area contributed by atoms with Gasteiger partial charge < -0.3 is 9.84 Å². The Kier molecular flexibility index (Phi) is 3.24. The molecule has 1 heterocycles. The average molecular weight is 198 g/mol. The van der Waals surface area contributed by atoms with Crippen molar-refractivity contribution in [2.24, 2.45) is 7.05 Å². The highest BCUT2D eigenvalue weighted by Crippen LogP contribution is 2.20. The zero-order chi connectivity index (χ0) is 10.7. The SMILES string of the molecule is CCOC(C(=O)O)c1cn(C)nc1C. The first-order valence-corrected chi connectivity index (χ1v) is 4.40. The molecule has 14 heavy (non-hydrogen) atoms. The minimum absolute atomic E-state index is 0.366. The van der Waals surface area contributed by atoms with Gasteiger partial charge in [-0.2, -0.15) is 5.10 Å². The highest BCUT2D eigenvalue weighted by molar-refractivity contribution is 5.74. The largest absolute Gasteiger partial charge is 0.479 e. The first-order valence-electron chi connectivity index (χ1n) is 4.40. The van der Waals surface area contributed by atoms with Gasteiger partial charge in [-0.15, -0.1) is 0 Å². The summed E-state index contributed by atoms with van der Waals surface area (Å²) in [7, 11) is 1.75. The molecule has 1 unspecified atom stereocenters. The molecule has 1 atom stereocenters. The topological polar surface area (TPSA) is 64.3 Å². The number of carboxylic acids is 1. The van der Waals surface area contributed by atoms with Crippen molar-refractivity contribution in [1.29, 1.82) is 0 Å². The molecule has 1 rings (SSSR count). The highest BCUT2D eigenvalue weighted by atomic mass is 16.5. The molecule has 0 aliphatic rings. The highest BCUT2D eigenvalue weighted by Gasteiger charge is 2.23. The van der Waals surface area contributed by atoms with Crippen molar-refractivity contribution in [3.8, 4) is 0 Å². The van der Waals surface area contributed by atoms with Gasteiger partial charge in [-0.1, -0.05) is 0 Å². The van der Waals surface area contributed by atoms with Crippen molar-refractivity contribution in [2.45, 2.75) is 20.0 Å². The third kappa shape index (κ3) is 2.11. The molecule has 0 aliphatic carbocycles. The van der Waals surface area contributed by atoms with Crippen LogP contribution in [-0.4, -0.2) is 27.5 Å². The van der Waals surface area contributed by atoms with Crippen molar-refractivity contribution >= 4 is 5.97 Å². The molecule has 0 saturated carbocycles. The minimum Gasteiger partial charge on any atom is -0.479 e. The van der Waals surface area contributed by atoms with Crippen molar-refractivity contribution in [2.75, 3.05) is 6.61 Å². The summed E-state index contributed by atoms with van der Waals surface area (Å²) in [6.07, 6.45) is 0.762. The van der Waals surface area contributed by atoms with Crippen molar-refractivity contribution in [1.82, 2.24) is 9.78 Å². The number of nitrogens with zero attached hydrogens (tertiary/aromatic N) is 2. The van der Waals surface area contributed by atoms with Gasteiger partial charge in [-0.3, -0.25) is 4.68 Å². The van der Waals surface area contributed by atoms with Crippen LogP contribution in [0.25, 0.3) is 0 Å². The fourth-order valence-corrected chi connectivity index (χ4v) is 1.34. The van der Waals surface area contributed by atoms with Crippen LogP contribution in [0.15, 0.2) is 6.20 Å². The van der Waals surface area contributed by atoms with Crippen molar-refractivity contribution < 1.29 is 14.6 Å². The number of rotatable bonds is 4.